The summed E-state index contributed by atoms with van der Waals surface area (Å²) in [5, 5.41) is 3.00. The van der Waals surface area contributed by atoms with Crippen molar-refractivity contribution in [2.24, 2.45) is 0 Å². The highest BCUT2D eigenvalue weighted by atomic mass is 127. The molecule has 2 aromatic heterocycles. The molecule has 0 aliphatic heterocycles. The van der Waals surface area contributed by atoms with Crippen LogP contribution < -0.4 is 5.32 Å². The van der Waals surface area contributed by atoms with Crippen LogP contribution in [0.4, 0.5) is 5.69 Å². The van der Waals surface area contributed by atoms with Gasteiger partial charge in [0.25, 0.3) is 0 Å². The first kappa shape index (κ1) is 15.7. The fraction of sp³-hybridized carbons (Fsp3) is 0. The number of hydrogen-bond acceptors (Lipinski definition) is 5. The average molecular weight is 442 g/mol. The Morgan fingerprint density at radius 3 is 2.56 bits per heavy atom. The third-order valence-corrected chi connectivity index (χ3v) is 4.43. The number of carbonyl (C=O) groups is 2. The Kier molecular flexibility index (Phi) is 3.92. The van der Waals surface area contributed by atoms with E-state index < -0.39 is 0 Å². The van der Waals surface area contributed by atoms with Crippen molar-refractivity contribution in [2.45, 2.75) is 0 Å². The van der Waals surface area contributed by atoms with Gasteiger partial charge in [0.05, 0.1) is 5.70 Å². The van der Waals surface area contributed by atoms with Crippen LogP contribution in [0.15, 0.2) is 60.4 Å². The molecule has 7 heteroatoms. The topological polar surface area (TPSA) is 87.7 Å². The molecule has 0 fully saturated rings. The standard InChI is InChI=1S/C18H11IN4O2/c19-10-4-6-11(7-5-10)21-13-9-14(24)15-16(17(13)25)23-18(22-15)12-3-1-2-8-20-12/h1-9,21H,(H,22,23). The molecule has 4 rings (SSSR count). The van der Waals surface area contributed by atoms with Gasteiger partial charge in [-0.1, -0.05) is 6.07 Å². The molecule has 3 aromatic rings. The average Bonchev–Trinajstić information content (AvgIpc) is 3.08. The molecule has 0 amide bonds. The second-order valence-corrected chi connectivity index (χ2v) is 6.65. The predicted molar refractivity (Wildman–Crippen MR) is 101 cm³/mol. The number of halogens is 1. The lowest BCUT2D eigenvalue weighted by Crippen LogP contribution is -2.21. The lowest BCUT2D eigenvalue weighted by molar-refractivity contribution is 0.0980. The zero-order valence-electron chi connectivity index (χ0n) is 12.8. The second-order valence-electron chi connectivity index (χ2n) is 5.41. The van der Waals surface area contributed by atoms with E-state index in [-0.39, 0.29) is 28.7 Å². The number of benzene rings is 1. The molecule has 6 nitrogen and oxygen atoms in total. The molecule has 1 aliphatic rings. The molecule has 0 unspecified atom stereocenters. The van der Waals surface area contributed by atoms with Crippen LogP contribution in [0.5, 0.6) is 0 Å². The van der Waals surface area contributed by atoms with Crippen molar-refractivity contribution in [1.82, 2.24) is 15.0 Å². The van der Waals surface area contributed by atoms with Gasteiger partial charge in [0, 0.05) is 21.5 Å². The largest absolute Gasteiger partial charge is 0.352 e. The number of hydrogen-bond donors (Lipinski definition) is 2. The van der Waals surface area contributed by atoms with Gasteiger partial charge in [0.2, 0.25) is 11.6 Å². The number of nitrogens with one attached hydrogen (secondary N) is 2. The number of H-pyrrole nitrogens is 1. The van der Waals surface area contributed by atoms with E-state index in [1.165, 1.54) is 6.08 Å². The highest BCUT2D eigenvalue weighted by molar-refractivity contribution is 14.1. The van der Waals surface area contributed by atoms with Gasteiger partial charge in [-0.2, -0.15) is 0 Å². The number of Topliss-reactive ketones (excluding diaryl/α,β-unsaturated/α-hetero) is 1. The number of anilines is 1. The highest BCUT2D eigenvalue weighted by Crippen LogP contribution is 2.24. The van der Waals surface area contributed by atoms with Crippen molar-refractivity contribution in [3.05, 3.63) is 75.4 Å². The molecule has 0 spiro atoms. The van der Waals surface area contributed by atoms with E-state index in [9.17, 15) is 9.59 Å². The van der Waals surface area contributed by atoms with E-state index in [2.05, 4.69) is 42.9 Å². The first-order chi connectivity index (χ1) is 12.1. The van der Waals surface area contributed by atoms with Gasteiger partial charge >= 0.3 is 0 Å². The quantitative estimate of drug-likeness (QED) is 0.607. The maximum Gasteiger partial charge on any atom is 0.227 e. The molecular weight excluding hydrogens is 431 g/mol. The number of aromatic amines is 1. The van der Waals surface area contributed by atoms with E-state index in [4.69, 9.17) is 0 Å². The van der Waals surface area contributed by atoms with Crippen molar-refractivity contribution >= 4 is 39.8 Å². The first-order valence-electron chi connectivity index (χ1n) is 7.46. The molecule has 2 heterocycles. The number of pyridine rings is 1. The highest BCUT2D eigenvalue weighted by Gasteiger charge is 2.30. The molecule has 0 saturated carbocycles. The molecule has 1 aromatic carbocycles. The lowest BCUT2D eigenvalue weighted by atomic mass is 10.0. The van der Waals surface area contributed by atoms with Gasteiger partial charge < -0.3 is 10.3 Å². The van der Waals surface area contributed by atoms with Gasteiger partial charge in [-0.05, 0) is 59.0 Å². The minimum atomic E-state index is -0.318. The van der Waals surface area contributed by atoms with Crippen LogP contribution in [-0.2, 0) is 0 Å². The van der Waals surface area contributed by atoms with Gasteiger partial charge in [0.15, 0.2) is 5.82 Å². The monoisotopic (exact) mass is 442 g/mol. The van der Waals surface area contributed by atoms with Gasteiger partial charge in [0.1, 0.15) is 17.1 Å². The number of imidazole rings is 1. The summed E-state index contributed by atoms with van der Waals surface area (Å²) >= 11 is 2.20. The van der Waals surface area contributed by atoms with Crippen molar-refractivity contribution in [2.75, 3.05) is 5.32 Å². The minimum Gasteiger partial charge on any atom is -0.352 e. The lowest BCUT2D eigenvalue weighted by Gasteiger charge is -2.13. The normalized spacial score (nSPS) is 13.4. The van der Waals surface area contributed by atoms with Crippen LogP contribution in [-0.4, -0.2) is 26.5 Å². The number of ketones is 2. The van der Waals surface area contributed by atoms with Crippen molar-refractivity contribution in [3.8, 4) is 11.5 Å². The molecular formula is C18H11IN4O2. The molecule has 122 valence electrons. The summed E-state index contributed by atoms with van der Waals surface area (Å²) in [7, 11) is 0. The molecule has 0 atom stereocenters. The number of rotatable bonds is 3. The zero-order chi connectivity index (χ0) is 17.4. The van der Waals surface area contributed by atoms with E-state index in [0.29, 0.717) is 11.5 Å². The molecule has 1 aliphatic carbocycles. The minimum absolute atomic E-state index is 0.124. The fourth-order valence-electron chi connectivity index (χ4n) is 2.52. The zero-order valence-corrected chi connectivity index (χ0v) is 14.9. The van der Waals surface area contributed by atoms with Crippen LogP contribution in [0, 0.1) is 3.57 Å². The summed E-state index contributed by atoms with van der Waals surface area (Å²) < 4.78 is 1.08. The Hall–Kier alpha value is -2.81. The SMILES string of the molecule is O=C1C=C(Nc2ccc(I)cc2)C(=O)c2[nH]c(-c3ccccn3)nc21. The third kappa shape index (κ3) is 2.98. The molecule has 0 radical (unpaired) electrons. The fourth-order valence-corrected chi connectivity index (χ4v) is 2.88. The van der Waals surface area contributed by atoms with Crippen molar-refractivity contribution < 1.29 is 9.59 Å². The first-order valence-corrected chi connectivity index (χ1v) is 8.54. The Labute approximate surface area is 156 Å². The number of fused-ring (bicyclic) bond motifs is 1. The van der Waals surface area contributed by atoms with Crippen LogP contribution in [0.1, 0.15) is 21.0 Å². The summed E-state index contributed by atoms with van der Waals surface area (Å²) in [6.07, 6.45) is 2.91. The summed E-state index contributed by atoms with van der Waals surface area (Å²) in [6.45, 7) is 0. The molecule has 0 bridgehead atoms. The Balaban J connectivity index is 1.67. The molecule has 2 N–H and O–H groups in total. The molecule has 25 heavy (non-hydrogen) atoms. The van der Waals surface area contributed by atoms with Gasteiger partial charge in [-0.15, -0.1) is 0 Å². The predicted octanol–water partition coefficient (Wildman–Crippen LogP) is 3.45. The second kappa shape index (κ2) is 6.25. The van der Waals surface area contributed by atoms with E-state index >= 15 is 0 Å². The Morgan fingerprint density at radius 2 is 1.84 bits per heavy atom. The van der Waals surface area contributed by atoms with Gasteiger partial charge in [-0.25, -0.2) is 4.98 Å². The number of nitrogens with zero attached hydrogens (tertiary/aromatic N) is 2. The summed E-state index contributed by atoms with van der Waals surface area (Å²) in [5.41, 5.74) is 1.83. The van der Waals surface area contributed by atoms with Crippen LogP contribution >= 0.6 is 22.6 Å². The van der Waals surface area contributed by atoms with Crippen LogP contribution in [0.2, 0.25) is 0 Å². The maximum atomic E-state index is 12.7. The van der Waals surface area contributed by atoms with Crippen molar-refractivity contribution in [1.29, 1.82) is 0 Å². The third-order valence-electron chi connectivity index (χ3n) is 3.72. The Bertz CT molecular complexity index is 1010. The number of aromatic nitrogens is 3. The van der Waals surface area contributed by atoms with Crippen LogP contribution in [0.3, 0.4) is 0 Å². The Morgan fingerprint density at radius 1 is 1.04 bits per heavy atom. The van der Waals surface area contributed by atoms with E-state index in [1.54, 1.807) is 18.3 Å². The summed E-state index contributed by atoms with van der Waals surface area (Å²) in [5.74, 6) is -0.222. The van der Waals surface area contributed by atoms with E-state index in [0.717, 1.165) is 9.26 Å². The van der Waals surface area contributed by atoms with Crippen molar-refractivity contribution in [3.63, 3.8) is 0 Å². The summed E-state index contributed by atoms with van der Waals surface area (Å²) in [6, 6.07) is 12.9. The molecule has 0 saturated heterocycles. The van der Waals surface area contributed by atoms with Crippen LogP contribution in [0.25, 0.3) is 11.5 Å². The maximum absolute atomic E-state index is 12.7. The smallest absolute Gasteiger partial charge is 0.227 e. The van der Waals surface area contributed by atoms with E-state index in [1.807, 2.05) is 30.3 Å². The summed E-state index contributed by atoms with van der Waals surface area (Å²) in [4.78, 5) is 36.4. The number of allylic oxidation sites excluding steroid dienone is 2. The number of carbonyl (C=O) groups excluding carboxylic acids is 2. The van der Waals surface area contributed by atoms with Gasteiger partial charge in [-0.3, -0.25) is 14.6 Å².